The fourth-order valence-corrected chi connectivity index (χ4v) is 1.20. The number of phenols is 1. The molecule has 0 atom stereocenters. The lowest BCUT2D eigenvalue weighted by Crippen LogP contribution is -2.06. The van der Waals surface area contributed by atoms with E-state index in [2.05, 4.69) is 0 Å². The third-order valence-electron chi connectivity index (χ3n) is 2.10. The summed E-state index contributed by atoms with van der Waals surface area (Å²) < 4.78 is 4.99. The van der Waals surface area contributed by atoms with Crippen molar-refractivity contribution >= 4 is 5.97 Å². The molecule has 0 fully saturated rings. The van der Waals surface area contributed by atoms with E-state index in [1.54, 1.807) is 18.2 Å². The minimum Gasteiger partial charge on any atom is -0.507 e. The Labute approximate surface area is 89.7 Å². The van der Waals surface area contributed by atoms with Crippen LogP contribution in [-0.2, 0) is 4.74 Å². The first kappa shape index (κ1) is 11.6. The van der Waals surface area contributed by atoms with Gasteiger partial charge in [-0.2, -0.15) is 0 Å². The summed E-state index contributed by atoms with van der Waals surface area (Å²) in [6.45, 7) is 4.28. The lowest BCUT2D eigenvalue weighted by atomic mass is 10.1. The molecule has 1 aromatic carbocycles. The fraction of sp³-hybridized carbons (Fsp3) is 0.417. The van der Waals surface area contributed by atoms with Gasteiger partial charge in [-0.25, -0.2) is 4.79 Å². The van der Waals surface area contributed by atoms with Crippen molar-refractivity contribution in [1.29, 1.82) is 0 Å². The zero-order valence-electron chi connectivity index (χ0n) is 9.12. The number of aryl methyl sites for hydroxylation is 1. The van der Waals surface area contributed by atoms with Crippen LogP contribution in [0.5, 0.6) is 5.75 Å². The summed E-state index contributed by atoms with van der Waals surface area (Å²) in [6.07, 6.45) is 1.82. The zero-order valence-corrected chi connectivity index (χ0v) is 9.12. The summed E-state index contributed by atoms with van der Waals surface area (Å²) in [6, 6.07) is 4.91. The number of esters is 1. The van der Waals surface area contributed by atoms with E-state index in [9.17, 15) is 9.90 Å². The van der Waals surface area contributed by atoms with Gasteiger partial charge in [-0.15, -0.1) is 0 Å². The van der Waals surface area contributed by atoms with Crippen molar-refractivity contribution in [2.75, 3.05) is 6.61 Å². The van der Waals surface area contributed by atoms with Crippen LogP contribution in [0.25, 0.3) is 0 Å². The molecule has 0 aromatic heterocycles. The Morgan fingerprint density at radius 3 is 2.80 bits per heavy atom. The normalized spacial score (nSPS) is 10.0. The molecule has 3 heteroatoms. The highest BCUT2D eigenvalue weighted by molar-refractivity contribution is 5.92. The molecule has 15 heavy (non-hydrogen) atoms. The van der Waals surface area contributed by atoms with Gasteiger partial charge in [0.1, 0.15) is 11.3 Å². The number of hydrogen-bond donors (Lipinski definition) is 1. The van der Waals surface area contributed by atoms with Crippen molar-refractivity contribution in [2.24, 2.45) is 0 Å². The van der Waals surface area contributed by atoms with Gasteiger partial charge in [0.25, 0.3) is 0 Å². The second kappa shape index (κ2) is 5.39. The van der Waals surface area contributed by atoms with Gasteiger partial charge in [-0.3, -0.25) is 0 Å². The van der Waals surface area contributed by atoms with Crippen LogP contribution in [0.2, 0.25) is 0 Å². The van der Waals surface area contributed by atoms with Gasteiger partial charge in [0.05, 0.1) is 6.61 Å². The predicted octanol–water partition coefficient (Wildman–Crippen LogP) is 2.66. The number of aromatic hydroxyl groups is 1. The van der Waals surface area contributed by atoms with Gasteiger partial charge in [0.2, 0.25) is 0 Å². The van der Waals surface area contributed by atoms with E-state index in [1.165, 1.54) is 0 Å². The van der Waals surface area contributed by atoms with Crippen molar-refractivity contribution in [3.63, 3.8) is 0 Å². The Morgan fingerprint density at radius 2 is 2.20 bits per heavy atom. The fourth-order valence-electron chi connectivity index (χ4n) is 1.20. The minimum absolute atomic E-state index is 0.0171. The lowest BCUT2D eigenvalue weighted by molar-refractivity contribution is 0.0496. The van der Waals surface area contributed by atoms with Crippen molar-refractivity contribution < 1.29 is 14.6 Å². The van der Waals surface area contributed by atoms with Gasteiger partial charge < -0.3 is 9.84 Å². The van der Waals surface area contributed by atoms with Crippen LogP contribution in [-0.4, -0.2) is 17.7 Å². The molecule has 0 heterocycles. The van der Waals surface area contributed by atoms with Crippen molar-refractivity contribution in [3.05, 3.63) is 29.3 Å². The summed E-state index contributed by atoms with van der Waals surface area (Å²) in [5.74, 6) is -0.475. The molecule has 0 spiro atoms. The van der Waals surface area contributed by atoms with Crippen LogP contribution in [0.15, 0.2) is 18.2 Å². The maximum atomic E-state index is 11.5. The third-order valence-corrected chi connectivity index (χ3v) is 2.10. The van der Waals surface area contributed by atoms with E-state index in [0.717, 1.165) is 18.4 Å². The maximum Gasteiger partial charge on any atom is 0.341 e. The molecule has 0 saturated heterocycles. The molecular formula is C12H16O3. The van der Waals surface area contributed by atoms with Gasteiger partial charge in [-0.1, -0.05) is 19.4 Å². The topological polar surface area (TPSA) is 46.5 Å². The Morgan fingerprint density at radius 1 is 1.47 bits per heavy atom. The van der Waals surface area contributed by atoms with Gasteiger partial charge in [-0.05, 0) is 31.0 Å². The number of ether oxygens (including phenoxy) is 1. The minimum atomic E-state index is -0.457. The van der Waals surface area contributed by atoms with E-state index >= 15 is 0 Å². The molecule has 82 valence electrons. The first-order valence-corrected chi connectivity index (χ1v) is 5.12. The maximum absolute atomic E-state index is 11.5. The number of hydrogen-bond acceptors (Lipinski definition) is 3. The Kier molecular flexibility index (Phi) is 4.16. The smallest absolute Gasteiger partial charge is 0.341 e. The molecule has 1 N–H and O–H groups in total. The third kappa shape index (κ3) is 3.27. The molecule has 1 rings (SSSR count). The van der Waals surface area contributed by atoms with Gasteiger partial charge >= 0.3 is 5.97 Å². The van der Waals surface area contributed by atoms with E-state index in [-0.39, 0.29) is 11.3 Å². The molecule has 3 nitrogen and oxygen atoms in total. The number of carbonyl (C=O) groups is 1. The second-order valence-corrected chi connectivity index (χ2v) is 3.51. The van der Waals surface area contributed by atoms with Crippen molar-refractivity contribution in [3.8, 4) is 5.75 Å². The highest BCUT2D eigenvalue weighted by Crippen LogP contribution is 2.19. The number of phenolic OH excluding ortho intramolecular Hbond substituents is 1. The summed E-state index contributed by atoms with van der Waals surface area (Å²) in [5.41, 5.74) is 1.15. The molecule has 0 unspecified atom stereocenters. The second-order valence-electron chi connectivity index (χ2n) is 3.51. The van der Waals surface area contributed by atoms with Crippen LogP contribution in [0.3, 0.4) is 0 Å². The first-order valence-electron chi connectivity index (χ1n) is 5.12. The molecule has 0 bridgehead atoms. The number of benzene rings is 1. The van der Waals surface area contributed by atoms with Crippen LogP contribution in [0.4, 0.5) is 0 Å². The highest BCUT2D eigenvalue weighted by Gasteiger charge is 2.11. The summed E-state index contributed by atoms with van der Waals surface area (Å²) in [4.78, 5) is 11.5. The SMILES string of the molecule is CCCCOC(=O)c1ccc(C)cc1O. The molecule has 0 saturated carbocycles. The van der Waals surface area contributed by atoms with Crippen molar-refractivity contribution in [2.45, 2.75) is 26.7 Å². The molecule has 0 aliphatic heterocycles. The van der Waals surface area contributed by atoms with Crippen molar-refractivity contribution in [1.82, 2.24) is 0 Å². The first-order chi connectivity index (χ1) is 7.15. The Bertz CT molecular complexity index is 345. The largest absolute Gasteiger partial charge is 0.507 e. The Balaban J connectivity index is 2.65. The van der Waals surface area contributed by atoms with Gasteiger partial charge in [0.15, 0.2) is 0 Å². The summed E-state index contributed by atoms with van der Waals surface area (Å²) >= 11 is 0. The number of carbonyl (C=O) groups excluding carboxylic acids is 1. The molecule has 1 aromatic rings. The highest BCUT2D eigenvalue weighted by atomic mass is 16.5. The predicted molar refractivity (Wildman–Crippen MR) is 58.0 cm³/mol. The number of unbranched alkanes of at least 4 members (excludes halogenated alkanes) is 1. The van der Waals surface area contributed by atoms with Crippen LogP contribution < -0.4 is 0 Å². The van der Waals surface area contributed by atoms with E-state index in [4.69, 9.17) is 4.74 Å². The average molecular weight is 208 g/mol. The van der Waals surface area contributed by atoms with Crippen LogP contribution in [0.1, 0.15) is 35.7 Å². The zero-order chi connectivity index (χ0) is 11.3. The molecule has 0 radical (unpaired) electrons. The Hall–Kier alpha value is -1.51. The lowest BCUT2D eigenvalue weighted by Gasteiger charge is -2.06. The van der Waals surface area contributed by atoms with Crippen LogP contribution in [0, 0.1) is 6.92 Å². The standard InChI is InChI=1S/C12H16O3/c1-3-4-7-15-12(14)10-6-5-9(2)8-11(10)13/h5-6,8,13H,3-4,7H2,1-2H3. The quantitative estimate of drug-likeness (QED) is 0.611. The monoisotopic (exact) mass is 208 g/mol. The van der Waals surface area contributed by atoms with E-state index < -0.39 is 5.97 Å². The van der Waals surface area contributed by atoms with E-state index in [0.29, 0.717) is 6.61 Å². The van der Waals surface area contributed by atoms with Crippen LogP contribution >= 0.6 is 0 Å². The molecular weight excluding hydrogens is 192 g/mol. The average Bonchev–Trinajstić information content (AvgIpc) is 2.17. The molecule has 0 aliphatic carbocycles. The molecule has 0 aliphatic rings. The van der Waals surface area contributed by atoms with Gasteiger partial charge in [0, 0.05) is 0 Å². The molecule has 0 amide bonds. The summed E-state index contributed by atoms with van der Waals surface area (Å²) in [7, 11) is 0. The number of rotatable bonds is 4. The van der Waals surface area contributed by atoms with E-state index in [1.807, 2.05) is 13.8 Å². The summed E-state index contributed by atoms with van der Waals surface area (Å²) in [5, 5.41) is 9.52.